The predicted octanol–water partition coefficient (Wildman–Crippen LogP) is 3.77. The Hall–Kier alpha value is -2.91. The Morgan fingerprint density at radius 1 is 1.08 bits per heavy atom. The fourth-order valence-corrected chi connectivity index (χ4v) is 2.19. The van der Waals surface area contributed by atoms with Crippen LogP contribution in [0.15, 0.2) is 30.3 Å². The van der Waals surface area contributed by atoms with Crippen LogP contribution in [0.2, 0.25) is 10.0 Å². The molecule has 24 heavy (non-hydrogen) atoms. The maximum absolute atomic E-state index is 12.2. The molecule has 9 nitrogen and oxygen atoms in total. The van der Waals surface area contributed by atoms with E-state index in [4.69, 9.17) is 23.2 Å². The van der Waals surface area contributed by atoms with Gasteiger partial charge in [0, 0.05) is 23.2 Å². The van der Waals surface area contributed by atoms with Crippen LogP contribution in [0.3, 0.4) is 0 Å². The number of carbonyl (C=O) groups is 1. The molecule has 2 rings (SSSR count). The van der Waals surface area contributed by atoms with Gasteiger partial charge in [-0.25, -0.2) is 0 Å². The number of nitrogens with one attached hydrogen (secondary N) is 1. The summed E-state index contributed by atoms with van der Waals surface area (Å²) in [7, 11) is 0. The van der Waals surface area contributed by atoms with Crippen LogP contribution in [-0.2, 0) is 0 Å². The Morgan fingerprint density at radius 2 is 1.75 bits per heavy atom. The normalized spacial score (nSPS) is 10.2. The third-order valence-corrected chi connectivity index (χ3v) is 3.43. The Bertz CT molecular complexity index is 871. The summed E-state index contributed by atoms with van der Waals surface area (Å²) in [5.74, 6) is -1.69. The number of non-ortho nitro benzene ring substituents is 1. The molecule has 0 aliphatic heterocycles. The van der Waals surface area contributed by atoms with E-state index in [9.17, 15) is 30.1 Å². The first-order valence-corrected chi connectivity index (χ1v) is 6.88. The second kappa shape index (κ2) is 6.69. The molecule has 2 aromatic carbocycles. The average Bonchev–Trinajstić information content (AvgIpc) is 2.50. The lowest BCUT2D eigenvalue weighted by Gasteiger charge is -2.08. The number of phenols is 1. The van der Waals surface area contributed by atoms with Gasteiger partial charge in [-0.2, -0.15) is 0 Å². The van der Waals surface area contributed by atoms with E-state index in [0.717, 1.165) is 18.2 Å². The zero-order valence-electron chi connectivity index (χ0n) is 11.5. The van der Waals surface area contributed by atoms with Gasteiger partial charge in [-0.05, 0) is 12.1 Å². The van der Waals surface area contributed by atoms with Crippen LogP contribution < -0.4 is 5.32 Å². The van der Waals surface area contributed by atoms with E-state index in [0.29, 0.717) is 0 Å². The van der Waals surface area contributed by atoms with Crippen LogP contribution in [0.5, 0.6) is 5.75 Å². The topological polar surface area (TPSA) is 136 Å². The molecular weight excluding hydrogens is 365 g/mol. The van der Waals surface area contributed by atoms with Crippen LogP contribution >= 0.6 is 23.2 Å². The first kappa shape index (κ1) is 17.4. The molecule has 2 aromatic rings. The third kappa shape index (κ3) is 3.53. The van der Waals surface area contributed by atoms with Crippen molar-refractivity contribution in [2.75, 3.05) is 5.32 Å². The molecule has 0 saturated carbocycles. The van der Waals surface area contributed by atoms with Gasteiger partial charge >= 0.3 is 0 Å². The molecular formula is C13H7Cl2N3O6. The minimum Gasteiger partial charge on any atom is -0.506 e. The zero-order chi connectivity index (χ0) is 18.0. The summed E-state index contributed by atoms with van der Waals surface area (Å²) < 4.78 is 0. The van der Waals surface area contributed by atoms with Gasteiger partial charge in [-0.3, -0.25) is 25.0 Å². The molecule has 0 fully saturated rings. The van der Waals surface area contributed by atoms with E-state index in [1.54, 1.807) is 0 Å². The fraction of sp³-hybridized carbons (Fsp3) is 0. The van der Waals surface area contributed by atoms with Crippen molar-refractivity contribution < 1.29 is 19.7 Å². The van der Waals surface area contributed by atoms with E-state index < -0.39 is 43.5 Å². The monoisotopic (exact) mass is 371 g/mol. The summed E-state index contributed by atoms with van der Waals surface area (Å²) in [6.07, 6.45) is 0. The number of rotatable bonds is 4. The lowest BCUT2D eigenvalue weighted by atomic mass is 10.1. The third-order valence-electron chi connectivity index (χ3n) is 2.91. The van der Waals surface area contributed by atoms with Crippen LogP contribution in [-0.4, -0.2) is 20.9 Å². The van der Waals surface area contributed by atoms with Gasteiger partial charge in [-0.1, -0.05) is 23.2 Å². The number of nitrogens with zero attached hydrogens (tertiary/aromatic N) is 2. The molecule has 0 unspecified atom stereocenters. The Balaban J connectivity index is 2.45. The van der Waals surface area contributed by atoms with E-state index in [-0.39, 0.29) is 10.7 Å². The molecule has 0 heterocycles. The molecule has 0 aromatic heterocycles. The highest BCUT2D eigenvalue weighted by atomic mass is 35.5. The largest absolute Gasteiger partial charge is 0.506 e. The van der Waals surface area contributed by atoms with Gasteiger partial charge < -0.3 is 10.4 Å². The Kier molecular flexibility index (Phi) is 4.86. The predicted molar refractivity (Wildman–Crippen MR) is 85.8 cm³/mol. The summed E-state index contributed by atoms with van der Waals surface area (Å²) in [6.45, 7) is 0. The number of phenolic OH excluding ortho intramolecular Hbond substituents is 1. The number of carbonyl (C=O) groups excluding carboxylic acids is 1. The number of amides is 1. The summed E-state index contributed by atoms with van der Waals surface area (Å²) in [4.78, 5) is 32.5. The molecule has 0 spiro atoms. The van der Waals surface area contributed by atoms with Crippen molar-refractivity contribution in [2.24, 2.45) is 0 Å². The van der Waals surface area contributed by atoms with E-state index >= 15 is 0 Å². The van der Waals surface area contributed by atoms with Gasteiger partial charge in [-0.15, -0.1) is 0 Å². The number of anilines is 1. The molecule has 0 atom stereocenters. The van der Waals surface area contributed by atoms with Crippen molar-refractivity contribution in [1.82, 2.24) is 0 Å². The second-order valence-corrected chi connectivity index (χ2v) is 5.30. The Labute approximate surface area is 143 Å². The first-order chi connectivity index (χ1) is 11.2. The highest BCUT2D eigenvalue weighted by Crippen LogP contribution is 2.34. The smallest absolute Gasteiger partial charge is 0.294 e. The lowest BCUT2D eigenvalue weighted by molar-refractivity contribution is -0.384. The van der Waals surface area contributed by atoms with Crippen LogP contribution in [0.25, 0.3) is 0 Å². The second-order valence-electron chi connectivity index (χ2n) is 4.45. The highest BCUT2D eigenvalue weighted by molar-refractivity contribution is 6.33. The molecule has 2 N–H and O–H groups in total. The Morgan fingerprint density at radius 3 is 2.33 bits per heavy atom. The molecule has 124 valence electrons. The van der Waals surface area contributed by atoms with Gasteiger partial charge in [0.1, 0.15) is 11.4 Å². The van der Waals surface area contributed by atoms with Crippen molar-refractivity contribution in [2.45, 2.75) is 0 Å². The molecule has 0 radical (unpaired) electrons. The standard InChI is InChI=1S/C13H7Cl2N3O6/c14-6-1-2-10(11(3-6)18(23)24)16-13(20)8-4-7(17(21)22)5-9(15)12(8)19/h1-5,19H,(H,16,20). The number of hydrogen-bond acceptors (Lipinski definition) is 6. The van der Waals surface area contributed by atoms with Crippen molar-refractivity contribution in [3.63, 3.8) is 0 Å². The number of hydrogen-bond donors (Lipinski definition) is 2. The molecule has 0 aliphatic carbocycles. The molecule has 0 aliphatic rings. The summed E-state index contributed by atoms with van der Waals surface area (Å²) in [5, 5.41) is 33.5. The van der Waals surface area contributed by atoms with Gasteiger partial charge in [0.2, 0.25) is 0 Å². The van der Waals surface area contributed by atoms with Gasteiger partial charge in [0.15, 0.2) is 0 Å². The van der Waals surface area contributed by atoms with E-state index in [1.807, 2.05) is 0 Å². The highest BCUT2D eigenvalue weighted by Gasteiger charge is 2.23. The van der Waals surface area contributed by atoms with Crippen LogP contribution in [0, 0.1) is 20.2 Å². The number of halogens is 2. The fourth-order valence-electron chi connectivity index (χ4n) is 1.81. The van der Waals surface area contributed by atoms with Crippen molar-refractivity contribution in [3.05, 3.63) is 66.2 Å². The molecule has 11 heteroatoms. The summed E-state index contributed by atoms with van der Waals surface area (Å²) in [5.41, 5.74) is -1.70. The minimum absolute atomic E-state index is 0.0842. The van der Waals surface area contributed by atoms with Crippen LogP contribution in [0.1, 0.15) is 10.4 Å². The van der Waals surface area contributed by atoms with Crippen molar-refractivity contribution >= 4 is 46.2 Å². The number of benzene rings is 2. The lowest BCUT2D eigenvalue weighted by Crippen LogP contribution is -2.14. The quantitative estimate of drug-likeness (QED) is 0.619. The van der Waals surface area contributed by atoms with E-state index in [1.165, 1.54) is 12.1 Å². The SMILES string of the molecule is O=C(Nc1ccc(Cl)cc1[N+](=O)[O-])c1cc([N+](=O)[O-])cc(Cl)c1O. The van der Waals surface area contributed by atoms with E-state index in [2.05, 4.69) is 5.32 Å². The summed E-state index contributed by atoms with van der Waals surface area (Å²) in [6, 6.07) is 5.20. The maximum Gasteiger partial charge on any atom is 0.294 e. The zero-order valence-corrected chi connectivity index (χ0v) is 13.0. The summed E-state index contributed by atoms with van der Waals surface area (Å²) >= 11 is 11.3. The maximum atomic E-state index is 12.2. The van der Waals surface area contributed by atoms with Crippen molar-refractivity contribution in [3.8, 4) is 5.75 Å². The van der Waals surface area contributed by atoms with Gasteiger partial charge in [0.05, 0.1) is 20.4 Å². The van der Waals surface area contributed by atoms with Crippen molar-refractivity contribution in [1.29, 1.82) is 0 Å². The number of nitro benzene ring substituents is 2. The number of aromatic hydroxyl groups is 1. The molecule has 0 bridgehead atoms. The number of nitro groups is 2. The minimum atomic E-state index is -1.01. The average molecular weight is 372 g/mol. The molecule has 0 saturated heterocycles. The first-order valence-electron chi connectivity index (χ1n) is 6.13. The van der Waals surface area contributed by atoms with Gasteiger partial charge in [0.25, 0.3) is 17.3 Å². The van der Waals surface area contributed by atoms with Crippen LogP contribution in [0.4, 0.5) is 17.1 Å². The molecule has 1 amide bonds.